The van der Waals surface area contributed by atoms with Gasteiger partial charge in [0.1, 0.15) is 5.41 Å². The zero-order valence-electron chi connectivity index (χ0n) is 10.2. The predicted octanol–water partition coefficient (Wildman–Crippen LogP) is 2.22. The van der Waals surface area contributed by atoms with Gasteiger partial charge < -0.3 is 4.74 Å². The molecule has 92 valence electrons. The molecule has 2 aromatic rings. The molecular weight excluding hydrogens is 228 g/mol. The van der Waals surface area contributed by atoms with Crippen molar-refractivity contribution in [3.63, 3.8) is 0 Å². The van der Waals surface area contributed by atoms with Crippen LogP contribution < -0.4 is 0 Å². The van der Waals surface area contributed by atoms with E-state index in [1.54, 1.807) is 0 Å². The summed E-state index contributed by atoms with van der Waals surface area (Å²) in [6, 6.07) is 9.74. The van der Waals surface area contributed by atoms with Gasteiger partial charge in [0.05, 0.1) is 18.3 Å². The monoisotopic (exact) mass is 242 g/mol. The SMILES string of the molecule is COC(=O)C1(c2cc3ccccc3nn2)CCC1. The number of nitrogens with zero attached hydrogens (tertiary/aromatic N) is 2. The van der Waals surface area contributed by atoms with Gasteiger partial charge in [-0.3, -0.25) is 4.79 Å². The van der Waals surface area contributed by atoms with E-state index in [0.717, 1.165) is 35.9 Å². The number of carbonyl (C=O) groups excluding carboxylic acids is 1. The van der Waals surface area contributed by atoms with Gasteiger partial charge in [0.2, 0.25) is 0 Å². The van der Waals surface area contributed by atoms with E-state index in [2.05, 4.69) is 10.2 Å². The smallest absolute Gasteiger partial charge is 0.317 e. The van der Waals surface area contributed by atoms with E-state index in [4.69, 9.17) is 4.74 Å². The van der Waals surface area contributed by atoms with E-state index in [9.17, 15) is 4.79 Å². The lowest BCUT2D eigenvalue weighted by Crippen LogP contribution is -2.44. The molecule has 0 unspecified atom stereocenters. The third kappa shape index (κ3) is 1.49. The molecule has 0 atom stereocenters. The molecule has 0 amide bonds. The number of hydrogen-bond acceptors (Lipinski definition) is 4. The Morgan fingerprint density at radius 1 is 1.28 bits per heavy atom. The lowest BCUT2D eigenvalue weighted by molar-refractivity contribution is -0.151. The molecule has 0 bridgehead atoms. The predicted molar refractivity (Wildman–Crippen MR) is 67.1 cm³/mol. The molecule has 1 heterocycles. The molecule has 4 nitrogen and oxygen atoms in total. The first-order chi connectivity index (χ1) is 8.76. The van der Waals surface area contributed by atoms with Gasteiger partial charge in [-0.15, -0.1) is 0 Å². The average molecular weight is 242 g/mol. The first-order valence-corrected chi connectivity index (χ1v) is 6.08. The summed E-state index contributed by atoms with van der Waals surface area (Å²) in [5.41, 5.74) is 1.02. The number of benzene rings is 1. The summed E-state index contributed by atoms with van der Waals surface area (Å²) < 4.78 is 4.92. The number of methoxy groups -OCH3 is 1. The molecule has 4 heteroatoms. The van der Waals surface area contributed by atoms with Crippen molar-refractivity contribution in [1.29, 1.82) is 0 Å². The lowest BCUT2D eigenvalue weighted by Gasteiger charge is -2.37. The fourth-order valence-corrected chi connectivity index (χ4v) is 2.51. The molecular formula is C14H14N2O2. The molecule has 1 fully saturated rings. The Morgan fingerprint density at radius 3 is 2.72 bits per heavy atom. The number of esters is 1. The molecule has 1 aromatic carbocycles. The molecule has 1 aromatic heterocycles. The zero-order valence-corrected chi connectivity index (χ0v) is 10.2. The maximum Gasteiger partial charge on any atom is 0.317 e. The van der Waals surface area contributed by atoms with Crippen molar-refractivity contribution >= 4 is 16.9 Å². The van der Waals surface area contributed by atoms with Crippen LogP contribution in [-0.2, 0) is 14.9 Å². The zero-order chi connectivity index (χ0) is 12.6. The molecule has 0 saturated heterocycles. The summed E-state index contributed by atoms with van der Waals surface area (Å²) >= 11 is 0. The molecule has 1 aliphatic carbocycles. The third-order valence-electron chi connectivity index (χ3n) is 3.77. The number of hydrogen-bond donors (Lipinski definition) is 0. The highest BCUT2D eigenvalue weighted by atomic mass is 16.5. The molecule has 0 aliphatic heterocycles. The van der Waals surface area contributed by atoms with Crippen molar-refractivity contribution < 1.29 is 9.53 Å². The van der Waals surface area contributed by atoms with Gasteiger partial charge in [0, 0.05) is 5.39 Å². The fourth-order valence-electron chi connectivity index (χ4n) is 2.51. The molecule has 0 spiro atoms. The van der Waals surface area contributed by atoms with E-state index in [0.29, 0.717) is 0 Å². The Balaban J connectivity index is 2.10. The van der Waals surface area contributed by atoms with Gasteiger partial charge in [-0.25, -0.2) is 0 Å². The third-order valence-corrected chi connectivity index (χ3v) is 3.77. The van der Waals surface area contributed by atoms with Crippen molar-refractivity contribution in [2.45, 2.75) is 24.7 Å². The minimum absolute atomic E-state index is 0.196. The molecule has 0 radical (unpaired) electrons. The number of aromatic nitrogens is 2. The van der Waals surface area contributed by atoms with Gasteiger partial charge in [0.25, 0.3) is 0 Å². The second-order valence-corrected chi connectivity index (χ2v) is 4.72. The quantitative estimate of drug-likeness (QED) is 0.758. The lowest BCUT2D eigenvalue weighted by atomic mass is 9.66. The minimum Gasteiger partial charge on any atom is -0.468 e. The Bertz CT molecular complexity index is 606. The second kappa shape index (κ2) is 4.05. The topological polar surface area (TPSA) is 52.1 Å². The summed E-state index contributed by atoms with van der Waals surface area (Å²) in [7, 11) is 1.43. The summed E-state index contributed by atoms with van der Waals surface area (Å²) in [5, 5.41) is 9.42. The highest BCUT2D eigenvalue weighted by Gasteiger charge is 2.48. The maximum absolute atomic E-state index is 12.0. The van der Waals surface area contributed by atoms with Crippen LogP contribution in [-0.4, -0.2) is 23.3 Å². The molecule has 1 saturated carbocycles. The van der Waals surface area contributed by atoms with E-state index in [1.807, 2.05) is 30.3 Å². The van der Waals surface area contributed by atoms with E-state index < -0.39 is 5.41 Å². The largest absolute Gasteiger partial charge is 0.468 e. The summed E-state index contributed by atoms with van der Waals surface area (Å²) in [6.45, 7) is 0. The van der Waals surface area contributed by atoms with Crippen LogP contribution >= 0.6 is 0 Å². The van der Waals surface area contributed by atoms with Crippen LogP contribution in [0.4, 0.5) is 0 Å². The summed E-state index contributed by atoms with van der Waals surface area (Å²) in [4.78, 5) is 12.0. The van der Waals surface area contributed by atoms with Gasteiger partial charge in [-0.2, -0.15) is 10.2 Å². The van der Waals surface area contributed by atoms with Crippen molar-refractivity contribution in [2.24, 2.45) is 0 Å². The van der Waals surface area contributed by atoms with Crippen LogP contribution in [0.25, 0.3) is 10.9 Å². The Hall–Kier alpha value is -1.97. The first-order valence-electron chi connectivity index (χ1n) is 6.08. The van der Waals surface area contributed by atoms with E-state index >= 15 is 0 Å². The van der Waals surface area contributed by atoms with Crippen molar-refractivity contribution in [1.82, 2.24) is 10.2 Å². The number of ether oxygens (including phenoxy) is 1. The Morgan fingerprint density at radius 2 is 2.06 bits per heavy atom. The van der Waals surface area contributed by atoms with Gasteiger partial charge in [-0.05, 0) is 25.0 Å². The summed E-state index contributed by atoms with van der Waals surface area (Å²) in [6.07, 6.45) is 2.63. The molecule has 3 rings (SSSR count). The normalized spacial score (nSPS) is 17.2. The average Bonchev–Trinajstić information content (AvgIpc) is 2.37. The van der Waals surface area contributed by atoms with Crippen LogP contribution in [0.15, 0.2) is 30.3 Å². The van der Waals surface area contributed by atoms with Crippen LogP contribution in [0.2, 0.25) is 0 Å². The highest BCUT2D eigenvalue weighted by Crippen LogP contribution is 2.44. The van der Waals surface area contributed by atoms with Gasteiger partial charge >= 0.3 is 5.97 Å². The molecule has 0 N–H and O–H groups in total. The van der Waals surface area contributed by atoms with Gasteiger partial charge in [-0.1, -0.05) is 24.6 Å². The number of fused-ring (bicyclic) bond motifs is 1. The summed E-state index contributed by atoms with van der Waals surface area (Å²) in [5.74, 6) is -0.196. The Kier molecular flexibility index (Phi) is 2.51. The molecule has 18 heavy (non-hydrogen) atoms. The number of carbonyl (C=O) groups is 1. The van der Waals surface area contributed by atoms with Crippen molar-refractivity contribution in [2.75, 3.05) is 7.11 Å². The Labute approximate surface area is 105 Å². The van der Waals surface area contributed by atoms with Crippen LogP contribution in [0.5, 0.6) is 0 Å². The minimum atomic E-state index is -0.564. The maximum atomic E-state index is 12.0. The second-order valence-electron chi connectivity index (χ2n) is 4.72. The van der Waals surface area contributed by atoms with Crippen LogP contribution in [0.1, 0.15) is 25.0 Å². The van der Waals surface area contributed by atoms with E-state index in [-0.39, 0.29) is 5.97 Å². The van der Waals surface area contributed by atoms with Gasteiger partial charge in [0.15, 0.2) is 0 Å². The highest BCUT2D eigenvalue weighted by molar-refractivity contribution is 5.86. The van der Waals surface area contributed by atoms with Crippen molar-refractivity contribution in [3.05, 3.63) is 36.0 Å². The van der Waals surface area contributed by atoms with Crippen LogP contribution in [0, 0.1) is 0 Å². The molecule has 1 aliphatic rings. The van der Waals surface area contributed by atoms with Crippen LogP contribution in [0.3, 0.4) is 0 Å². The number of rotatable bonds is 2. The standard InChI is InChI=1S/C14H14N2O2/c1-18-13(17)14(7-4-8-14)12-9-10-5-2-3-6-11(10)15-16-12/h2-3,5-6,9H,4,7-8H2,1H3. The fraction of sp³-hybridized carbons (Fsp3) is 0.357. The van der Waals surface area contributed by atoms with E-state index in [1.165, 1.54) is 7.11 Å². The van der Waals surface area contributed by atoms with Crippen molar-refractivity contribution in [3.8, 4) is 0 Å². The first kappa shape index (κ1) is 11.1.